The Bertz CT molecular complexity index is 1010. The molecule has 0 aliphatic carbocycles. The summed E-state index contributed by atoms with van der Waals surface area (Å²) < 4.78 is 0. The largest absolute Gasteiger partial charge is 0.298 e. The van der Waals surface area contributed by atoms with E-state index in [-0.39, 0.29) is 0 Å². The molecule has 138 valence electrons. The van der Waals surface area contributed by atoms with Crippen LogP contribution in [0.2, 0.25) is 0 Å². The Morgan fingerprint density at radius 3 is 2.07 bits per heavy atom. The van der Waals surface area contributed by atoms with Crippen LogP contribution in [0.4, 0.5) is 0 Å². The number of aldehydes is 2. The van der Waals surface area contributed by atoms with E-state index in [0.29, 0.717) is 0 Å². The first-order chi connectivity index (χ1) is 13.0. The molecule has 0 radical (unpaired) electrons. The van der Waals surface area contributed by atoms with Crippen LogP contribution < -0.4 is 0 Å². The number of carbonyl (C=O) groups excluding carboxylic acids is 2. The summed E-state index contributed by atoms with van der Waals surface area (Å²) in [6.45, 7) is 8.51. The van der Waals surface area contributed by atoms with Gasteiger partial charge in [-0.3, -0.25) is 9.59 Å². The fourth-order valence-electron chi connectivity index (χ4n) is 3.84. The van der Waals surface area contributed by atoms with Crippen LogP contribution >= 0.6 is 11.3 Å². The molecule has 2 nitrogen and oxygen atoms in total. The van der Waals surface area contributed by atoms with Gasteiger partial charge >= 0.3 is 0 Å². The van der Waals surface area contributed by atoms with Gasteiger partial charge < -0.3 is 0 Å². The number of aryl methyl sites for hydroxylation is 4. The SMILES string of the molecule is CCc1cc(C=O)cc(C)c1-c1cc(C)c(-c2ccc(C=O)s2)c(CC)c1. The van der Waals surface area contributed by atoms with E-state index in [1.807, 2.05) is 24.3 Å². The van der Waals surface area contributed by atoms with Crippen molar-refractivity contribution < 1.29 is 9.59 Å². The number of thiophene rings is 1. The third-order valence-electron chi connectivity index (χ3n) is 5.03. The molecule has 2 aromatic carbocycles. The third kappa shape index (κ3) is 3.65. The second-order valence-corrected chi connectivity index (χ2v) is 7.96. The fourth-order valence-corrected chi connectivity index (χ4v) is 4.81. The van der Waals surface area contributed by atoms with Gasteiger partial charge in [0.05, 0.1) is 4.88 Å². The number of benzene rings is 2. The van der Waals surface area contributed by atoms with Gasteiger partial charge in [-0.1, -0.05) is 26.0 Å². The average Bonchev–Trinajstić information content (AvgIpc) is 3.15. The van der Waals surface area contributed by atoms with Gasteiger partial charge in [0, 0.05) is 10.4 Å². The van der Waals surface area contributed by atoms with E-state index in [1.54, 1.807) is 11.3 Å². The second-order valence-electron chi connectivity index (χ2n) is 6.84. The van der Waals surface area contributed by atoms with Gasteiger partial charge in [-0.15, -0.1) is 11.3 Å². The summed E-state index contributed by atoms with van der Waals surface area (Å²) >= 11 is 1.54. The van der Waals surface area contributed by atoms with Crippen molar-refractivity contribution in [2.24, 2.45) is 0 Å². The van der Waals surface area contributed by atoms with Crippen LogP contribution in [0, 0.1) is 13.8 Å². The molecule has 0 amide bonds. The first-order valence-corrected chi connectivity index (χ1v) is 10.1. The highest BCUT2D eigenvalue weighted by molar-refractivity contribution is 7.17. The number of hydrogen-bond donors (Lipinski definition) is 0. The van der Waals surface area contributed by atoms with E-state index < -0.39 is 0 Å². The maximum atomic E-state index is 11.2. The second kappa shape index (κ2) is 8.01. The van der Waals surface area contributed by atoms with Gasteiger partial charge in [-0.2, -0.15) is 0 Å². The minimum atomic E-state index is 0.733. The van der Waals surface area contributed by atoms with E-state index in [9.17, 15) is 9.59 Å². The van der Waals surface area contributed by atoms with Crippen molar-refractivity contribution >= 4 is 23.9 Å². The first-order valence-electron chi connectivity index (χ1n) is 9.30. The molecule has 0 aliphatic heterocycles. The normalized spacial score (nSPS) is 10.8. The van der Waals surface area contributed by atoms with Crippen molar-refractivity contribution in [2.75, 3.05) is 0 Å². The molecule has 0 bridgehead atoms. The van der Waals surface area contributed by atoms with Crippen LogP contribution in [0.3, 0.4) is 0 Å². The number of carbonyl (C=O) groups is 2. The molecule has 0 aliphatic rings. The van der Waals surface area contributed by atoms with E-state index in [0.717, 1.165) is 46.3 Å². The lowest BCUT2D eigenvalue weighted by Crippen LogP contribution is -1.98. The van der Waals surface area contributed by atoms with Gasteiger partial charge in [0.2, 0.25) is 0 Å². The maximum Gasteiger partial charge on any atom is 0.160 e. The molecule has 0 saturated heterocycles. The van der Waals surface area contributed by atoms with Gasteiger partial charge in [0.25, 0.3) is 0 Å². The van der Waals surface area contributed by atoms with Gasteiger partial charge in [0.15, 0.2) is 6.29 Å². The van der Waals surface area contributed by atoms with Crippen molar-refractivity contribution in [3.05, 3.63) is 69.1 Å². The average molecular weight is 377 g/mol. The molecular weight excluding hydrogens is 352 g/mol. The van der Waals surface area contributed by atoms with Crippen molar-refractivity contribution in [1.29, 1.82) is 0 Å². The molecule has 0 atom stereocenters. The summed E-state index contributed by atoms with van der Waals surface area (Å²) in [6.07, 6.45) is 3.64. The highest BCUT2D eigenvalue weighted by Gasteiger charge is 2.15. The molecule has 0 fully saturated rings. The highest BCUT2D eigenvalue weighted by Crippen LogP contribution is 2.38. The van der Waals surface area contributed by atoms with E-state index in [1.165, 1.54) is 33.4 Å². The summed E-state index contributed by atoms with van der Waals surface area (Å²) in [5.74, 6) is 0. The zero-order valence-electron chi connectivity index (χ0n) is 16.3. The Kier molecular flexibility index (Phi) is 5.71. The molecule has 27 heavy (non-hydrogen) atoms. The molecule has 3 aromatic rings. The smallest absolute Gasteiger partial charge is 0.160 e. The van der Waals surface area contributed by atoms with Crippen molar-refractivity contribution in [1.82, 2.24) is 0 Å². The highest BCUT2D eigenvalue weighted by atomic mass is 32.1. The summed E-state index contributed by atoms with van der Waals surface area (Å²) in [4.78, 5) is 24.2. The Balaban J connectivity index is 2.21. The Hall–Kier alpha value is -2.52. The van der Waals surface area contributed by atoms with Crippen molar-refractivity contribution in [3.8, 4) is 21.6 Å². The fraction of sp³-hybridized carbons (Fsp3) is 0.250. The minimum Gasteiger partial charge on any atom is -0.298 e. The van der Waals surface area contributed by atoms with Crippen molar-refractivity contribution in [3.63, 3.8) is 0 Å². The maximum absolute atomic E-state index is 11.2. The molecule has 0 N–H and O–H groups in total. The Morgan fingerprint density at radius 2 is 1.48 bits per heavy atom. The lowest BCUT2D eigenvalue weighted by atomic mass is 9.87. The van der Waals surface area contributed by atoms with Crippen LogP contribution in [-0.4, -0.2) is 12.6 Å². The van der Waals surface area contributed by atoms with Crippen molar-refractivity contribution in [2.45, 2.75) is 40.5 Å². The lowest BCUT2D eigenvalue weighted by Gasteiger charge is -2.18. The lowest BCUT2D eigenvalue weighted by molar-refractivity contribution is 0.111. The zero-order chi connectivity index (χ0) is 19.6. The summed E-state index contributed by atoms with van der Waals surface area (Å²) in [5.41, 5.74) is 9.22. The molecule has 0 unspecified atom stereocenters. The van der Waals surface area contributed by atoms with Crippen LogP contribution in [0.25, 0.3) is 21.6 Å². The predicted molar refractivity (Wildman–Crippen MR) is 114 cm³/mol. The summed E-state index contributed by atoms with van der Waals surface area (Å²) in [6, 6.07) is 12.4. The van der Waals surface area contributed by atoms with Crippen LogP contribution in [0.5, 0.6) is 0 Å². The van der Waals surface area contributed by atoms with Crippen LogP contribution in [-0.2, 0) is 12.8 Å². The Morgan fingerprint density at radius 1 is 0.815 bits per heavy atom. The number of rotatable bonds is 6. The Labute approximate surface area is 164 Å². The van der Waals surface area contributed by atoms with Gasteiger partial charge in [-0.25, -0.2) is 0 Å². The first kappa shape index (κ1) is 19.2. The topological polar surface area (TPSA) is 34.1 Å². The molecule has 0 saturated carbocycles. The van der Waals surface area contributed by atoms with Gasteiger partial charge in [-0.05, 0) is 89.9 Å². The molecule has 1 aromatic heterocycles. The standard InChI is InChI=1S/C24H24O2S/c1-5-18-11-17(13-25)9-15(3)23(18)20-10-16(4)24(19(6-2)12-20)22-8-7-21(14-26)27-22/h7-14H,5-6H2,1-4H3. The third-order valence-corrected chi connectivity index (χ3v) is 6.06. The minimum absolute atomic E-state index is 0.733. The molecule has 0 spiro atoms. The van der Waals surface area contributed by atoms with E-state index >= 15 is 0 Å². The van der Waals surface area contributed by atoms with Crippen LogP contribution in [0.15, 0.2) is 36.4 Å². The van der Waals surface area contributed by atoms with Gasteiger partial charge in [0.1, 0.15) is 6.29 Å². The molecule has 3 heteroatoms. The predicted octanol–water partition coefficient (Wildman–Crippen LogP) is 6.45. The number of hydrogen-bond acceptors (Lipinski definition) is 3. The monoisotopic (exact) mass is 376 g/mol. The molecule has 3 rings (SSSR count). The van der Waals surface area contributed by atoms with Crippen LogP contribution in [0.1, 0.15) is 56.1 Å². The summed E-state index contributed by atoms with van der Waals surface area (Å²) in [5, 5.41) is 0. The quantitative estimate of drug-likeness (QED) is 0.463. The van der Waals surface area contributed by atoms with E-state index in [4.69, 9.17) is 0 Å². The molecule has 1 heterocycles. The molecular formula is C24H24O2S. The summed E-state index contributed by atoms with van der Waals surface area (Å²) in [7, 11) is 0. The van der Waals surface area contributed by atoms with E-state index in [2.05, 4.69) is 39.8 Å². The zero-order valence-corrected chi connectivity index (χ0v) is 17.1.